The summed E-state index contributed by atoms with van der Waals surface area (Å²) >= 11 is 1.65. The summed E-state index contributed by atoms with van der Waals surface area (Å²) in [5.41, 5.74) is 2.08. The van der Waals surface area contributed by atoms with Crippen LogP contribution in [-0.2, 0) is 30.1 Å². The third kappa shape index (κ3) is 6.46. The van der Waals surface area contributed by atoms with Crippen molar-refractivity contribution in [3.05, 3.63) is 59.7 Å². The number of hydrogen-bond donors (Lipinski definition) is 1. The van der Waals surface area contributed by atoms with Crippen LogP contribution in [0.5, 0.6) is 11.5 Å². The first-order valence-corrected chi connectivity index (χ1v) is 12.3. The number of ether oxygens (including phenoxy) is 2. The van der Waals surface area contributed by atoms with E-state index in [-0.39, 0.29) is 11.9 Å². The standard InChI is InChI=1S/C24H31N5O3S/c1-3-31-22-13-18(9-10-21(22)30)14-28(2)16-23-26-27-24(29(23)15-20-8-6-12-32-20)33-17-19-7-4-5-11-25-19/h4-5,7,9-11,13,20,30H,3,6,8,12,14-17H2,1-2H3. The summed E-state index contributed by atoms with van der Waals surface area (Å²) in [7, 11) is 2.05. The monoisotopic (exact) mass is 469 g/mol. The van der Waals surface area contributed by atoms with Crippen LogP contribution in [0.4, 0.5) is 0 Å². The van der Waals surface area contributed by atoms with E-state index in [2.05, 4.69) is 31.7 Å². The Morgan fingerprint density at radius 2 is 2.15 bits per heavy atom. The van der Waals surface area contributed by atoms with E-state index in [4.69, 9.17) is 9.47 Å². The lowest BCUT2D eigenvalue weighted by atomic mass is 10.2. The predicted octanol–water partition coefficient (Wildman–Crippen LogP) is 3.88. The Bertz CT molecular complexity index is 1020. The molecule has 1 unspecified atom stereocenters. The van der Waals surface area contributed by atoms with Crippen molar-refractivity contribution in [2.24, 2.45) is 0 Å². The van der Waals surface area contributed by atoms with Crippen LogP contribution in [0.15, 0.2) is 47.8 Å². The molecular formula is C24H31N5O3S. The van der Waals surface area contributed by atoms with Gasteiger partial charge in [0.1, 0.15) is 5.82 Å². The Morgan fingerprint density at radius 1 is 1.24 bits per heavy atom. The SMILES string of the molecule is CCOc1cc(CN(C)Cc2nnc(SCc3ccccn3)n2CC2CCCO2)ccc1O. The fourth-order valence-corrected chi connectivity index (χ4v) is 4.76. The molecule has 0 spiro atoms. The second-order valence-corrected chi connectivity index (χ2v) is 9.10. The van der Waals surface area contributed by atoms with E-state index in [0.717, 1.165) is 54.0 Å². The quantitative estimate of drug-likeness (QED) is 0.424. The molecule has 3 heterocycles. The van der Waals surface area contributed by atoms with E-state index < -0.39 is 0 Å². The van der Waals surface area contributed by atoms with Crippen molar-refractivity contribution in [2.45, 2.75) is 56.4 Å². The van der Waals surface area contributed by atoms with Gasteiger partial charge in [-0.15, -0.1) is 10.2 Å². The van der Waals surface area contributed by atoms with Crippen LogP contribution < -0.4 is 4.74 Å². The first kappa shape index (κ1) is 23.5. The van der Waals surface area contributed by atoms with Crippen LogP contribution in [0.25, 0.3) is 0 Å². The number of rotatable bonds is 11. The van der Waals surface area contributed by atoms with Gasteiger partial charge in [0.05, 0.1) is 31.5 Å². The summed E-state index contributed by atoms with van der Waals surface area (Å²) in [6.45, 7) is 5.34. The van der Waals surface area contributed by atoms with Gasteiger partial charge >= 0.3 is 0 Å². The molecule has 1 aromatic carbocycles. The maximum absolute atomic E-state index is 9.96. The number of aromatic hydroxyl groups is 1. The highest BCUT2D eigenvalue weighted by molar-refractivity contribution is 7.98. The lowest BCUT2D eigenvalue weighted by Crippen LogP contribution is -2.23. The van der Waals surface area contributed by atoms with Crippen LogP contribution in [0.2, 0.25) is 0 Å². The number of phenolic OH excluding ortho intramolecular Hbond substituents is 1. The van der Waals surface area contributed by atoms with Crippen LogP contribution in [0.3, 0.4) is 0 Å². The molecule has 0 amide bonds. The van der Waals surface area contributed by atoms with Crippen LogP contribution in [0, 0.1) is 0 Å². The number of aromatic nitrogens is 4. The summed E-state index contributed by atoms with van der Waals surface area (Å²) in [5.74, 6) is 2.33. The molecule has 1 saturated heterocycles. The lowest BCUT2D eigenvalue weighted by molar-refractivity contribution is 0.0934. The lowest BCUT2D eigenvalue weighted by Gasteiger charge is -2.19. The van der Waals surface area contributed by atoms with Crippen molar-refractivity contribution in [3.8, 4) is 11.5 Å². The van der Waals surface area contributed by atoms with Crippen molar-refractivity contribution in [1.29, 1.82) is 0 Å². The number of nitrogens with zero attached hydrogens (tertiary/aromatic N) is 5. The highest BCUT2D eigenvalue weighted by Gasteiger charge is 2.22. The van der Waals surface area contributed by atoms with E-state index in [0.29, 0.717) is 25.4 Å². The number of thioether (sulfide) groups is 1. The molecular weight excluding hydrogens is 438 g/mol. The van der Waals surface area contributed by atoms with Gasteiger partial charge in [-0.1, -0.05) is 23.9 Å². The Labute approximate surface area is 199 Å². The normalized spacial score (nSPS) is 15.9. The van der Waals surface area contributed by atoms with Gasteiger partial charge in [-0.2, -0.15) is 0 Å². The molecule has 1 N–H and O–H groups in total. The zero-order chi connectivity index (χ0) is 23.0. The van der Waals surface area contributed by atoms with Gasteiger partial charge in [0.2, 0.25) is 0 Å². The first-order valence-electron chi connectivity index (χ1n) is 11.3. The maximum Gasteiger partial charge on any atom is 0.191 e. The molecule has 1 fully saturated rings. The minimum atomic E-state index is 0.161. The highest BCUT2D eigenvalue weighted by atomic mass is 32.2. The molecule has 0 radical (unpaired) electrons. The molecule has 3 aromatic rings. The predicted molar refractivity (Wildman–Crippen MR) is 127 cm³/mol. The average molecular weight is 470 g/mol. The van der Waals surface area contributed by atoms with Gasteiger partial charge in [-0.25, -0.2) is 0 Å². The largest absolute Gasteiger partial charge is 0.504 e. The number of pyridine rings is 1. The smallest absolute Gasteiger partial charge is 0.191 e. The highest BCUT2D eigenvalue weighted by Crippen LogP contribution is 2.28. The average Bonchev–Trinajstić information content (AvgIpc) is 3.46. The minimum Gasteiger partial charge on any atom is -0.504 e. The summed E-state index contributed by atoms with van der Waals surface area (Å²) in [5, 5.41) is 19.9. The first-order chi connectivity index (χ1) is 16.1. The molecule has 1 aliphatic rings. The van der Waals surface area contributed by atoms with Crippen LogP contribution in [-0.4, -0.2) is 56.1 Å². The van der Waals surface area contributed by atoms with E-state index in [1.807, 2.05) is 43.5 Å². The summed E-state index contributed by atoms with van der Waals surface area (Å²) in [4.78, 5) is 6.60. The zero-order valence-electron chi connectivity index (χ0n) is 19.2. The Morgan fingerprint density at radius 3 is 2.91 bits per heavy atom. The van der Waals surface area contributed by atoms with Crippen molar-refractivity contribution < 1.29 is 14.6 Å². The molecule has 0 bridgehead atoms. The zero-order valence-corrected chi connectivity index (χ0v) is 20.0. The molecule has 176 valence electrons. The van der Waals surface area contributed by atoms with Gasteiger partial charge < -0.3 is 19.1 Å². The molecule has 33 heavy (non-hydrogen) atoms. The van der Waals surface area contributed by atoms with Crippen LogP contribution >= 0.6 is 11.8 Å². The van der Waals surface area contributed by atoms with Gasteiger partial charge in [-0.05, 0) is 56.6 Å². The van der Waals surface area contributed by atoms with E-state index >= 15 is 0 Å². The van der Waals surface area contributed by atoms with Gasteiger partial charge in [-0.3, -0.25) is 9.88 Å². The van der Waals surface area contributed by atoms with Gasteiger partial charge in [0.15, 0.2) is 16.7 Å². The Kier molecular flexibility index (Phi) is 8.20. The van der Waals surface area contributed by atoms with Crippen molar-refractivity contribution >= 4 is 11.8 Å². The Balaban J connectivity index is 1.46. The van der Waals surface area contributed by atoms with Gasteiger partial charge in [0.25, 0.3) is 0 Å². The third-order valence-electron chi connectivity index (χ3n) is 5.47. The fraction of sp³-hybridized carbons (Fsp3) is 0.458. The number of benzene rings is 1. The van der Waals surface area contributed by atoms with Crippen LogP contribution in [0.1, 0.15) is 36.8 Å². The molecule has 1 atom stereocenters. The molecule has 8 nitrogen and oxygen atoms in total. The van der Waals surface area contributed by atoms with Crippen molar-refractivity contribution in [1.82, 2.24) is 24.6 Å². The molecule has 1 aliphatic heterocycles. The molecule has 9 heteroatoms. The third-order valence-corrected chi connectivity index (χ3v) is 6.47. The van der Waals surface area contributed by atoms with Crippen molar-refractivity contribution in [2.75, 3.05) is 20.3 Å². The number of hydrogen-bond acceptors (Lipinski definition) is 8. The fourth-order valence-electron chi connectivity index (χ4n) is 3.88. The number of phenols is 1. The van der Waals surface area contributed by atoms with Crippen molar-refractivity contribution in [3.63, 3.8) is 0 Å². The second-order valence-electron chi connectivity index (χ2n) is 8.16. The summed E-state index contributed by atoms with van der Waals surface area (Å²) in [6.07, 6.45) is 4.17. The second kappa shape index (κ2) is 11.5. The minimum absolute atomic E-state index is 0.161. The topological polar surface area (TPSA) is 85.5 Å². The van der Waals surface area contributed by atoms with E-state index in [1.54, 1.807) is 17.8 Å². The molecule has 0 saturated carbocycles. The summed E-state index contributed by atoms with van der Waals surface area (Å²) in [6, 6.07) is 11.4. The molecule has 4 rings (SSSR count). The van der Waals surface area contributed by atoms with E-state index in [9.17, 15) is 5.11 Å². The van der Waals surface area contributed by atoms with Gasteiger partial charge in [0, 0.05) is 25.1 Å². The summed E-state index contributed by atoms with van der Waals surface area (Å²) < 4.78 is 13.6. The Hall–Kier alpha value is -2.62. The molecule has 0 aliphatic carbocycles. The molecule has 2 aromatic heterocycles. The van der Waals surface area contributed by atoms with E-state index in [1.165, 1.54) is 0 Å². The maximum atomic E-state index is 9.96.